The first kappa shape index (κ1) is 20.5. The minimum atomic E-state index is -0.574. The molecule has 0 aliphatic heterocycles. The van der Waals surface area contributed by atoms with Crippen molar-refractivity contribution in [1.82, 2.24) is 25.6 Å². The summed E-state index contributed by atoms with van der Waals surface area (Å²) in [6, 6.07) is 8.94. The van der Waals surface area contributed by atoms with Gasteiger partial charge in [-0.25, -0.2) is 0 Å². The average molecular weight is 432 g/mol. The number of nitrogens with zero attached hydrogens (tertiary/aromatic N) is 4. The maximum atomic E-state index is 12.0. The van der Waals surface area contributed by atoms with Crippen molar-refractivity contribution in [1.29, 1.82) is 0 Å². The number of thioether (sulfide) groups is 1. The first-order valence-corrected chi connectivity index (χ1v) is 10.3. The molecule has 0 aliphatic carbocycles. The molecule has 0 fully saturated rings. The summed E-state index contributed by atoms with van der Waals surface area (Å²) < 4.78 is 1.92. The number of nitrogens with one attached hydrogen (secondary N) is 2. The van der Waals surface area contributed by atoms with Crippen LogP contribution in [0.25, 0.3) is 10.7 Å². The molecule has 3 rings (SSSR count). The second-order valence-electron chi connectivity index (χ2n) is 5.62. The average Bonchev–Trinajstić information content (AvgIpc) is 3.39. The van der Waals surface area contributed by atoms with Crippen LogP contribution in [0.4, 0.5) is 5.69 Å². The summed E-state index contributed by atoms with van der Waals surface area (Å²) in [7, 11) is 0. The zero-order chi connectivity index (χ0) is 20.8. The summed E-state index contributed by atoms with van der Waals surface area (Å²) in [5.74, 6) is -0.219. The Balaban J connectivity index is 1.52. The van der Waals surface area contributed by atoms with Crippen molar-refractivity contribution in [3.05, 3.63) is 57.5 Å². The van der Waals surface area contributed by atoms with E-state index in [0.717, 1.165) is 10.7 Å². The van der Waals surface area contributed by atoms with Crippen LogP contribution in [0, 0.1) is 10.1 Å². The minimum absolute atomic E-state index is 0.0309. The van der Waals surface area contributed by atoms with Gasteiger partial charge in [-0.05, 0) is 30.5 Å². The van der Waals surface area contributed by atoms with Gasteiger partial charge in [0.1, 0.15) is 0 Å². The summed E-state index contributed by atoms with van der Waals surface area (Å²) >= 11 is 2.76. The Labute approximate surface area is 173 Å². The Kier molecular flexibility index (Phi) is 6.57. The van der Waals surface area contributed by atoms with Gasteiger partial charge in [0.2, 0.25) is 5.91 Å². The normalized spacial score (nSPS) is 10.5. The molecule has 2 N–H and O–H groups in total. The summed E-state index contributed by atoms with van der Waals surface area (Å²) in [5, 5.41) is 21.5. The van der Waals surface area contributed by atoms with Gasteiger partial charge in [0.15, 0.2) is 11.0 Å². The Morgan fingerprint density at radius 2 is 1.97 bits per heavy atom. The second-order valence-corrected chi connectivity index (χ2v) is 7.51. The van der Waals surface area contributed by atoms with Crippen LogP contribution in [0.3, 0.4) is 0 Å². The molecular formula is C17H16N6O4S2. The van der Waals surface area contributed by atoms with Crippen molar-refractivity contribution in [3.8, 4) is 10.7 Å². The van der Waals surface area contributed by atoms with Crippen molar-refractivity contribution >= 4 is 40.6 Å². The van der Waals surface area contributed by atoms with E-state index in [1.165, 1.54) is 36.0 Å². The first-order valence-electron chi connectivity index (χ1n) is 8.43. The lowest BCUT2D eigenvalue weighted by Gasteiger charge is -2.08. The van der Waals surface area contributed by atoms with Crippen molar-refractivity contribution in [2.75, 3.05) is 5.75 Å². The van der Waals surface area contributed by atoms with E-state index in [1.54, 1.807) is 11.3 Å². The fourth-order valence-electron chi connectivity index (χ4n) is 2.37. The number of carbonyl (C=O) groups is 2. The van der Waals surface area contributed by atoms with E-state index in [9.17, 15) is 19.7 Å². The van der Waals surface area contributed by atoms with Gasteiger partial charge >= 0.3 is 0 Å². The van der Waals surface area contributed by atoms with Gasteiger partial charge in [-0.1, -0.05) is 17.8 Å². The van der Waals surface area contributed by atoms with E-state index in [0.29, 0.717) is 11.7 Å². The van der Waals surface area contributed by atoms with Gasteiger partial charge in [0, 0.05) is 24.2 Å². The number of benzene rings is 1. The SMILES string of the molecule is CCn1c(SCC(=O)NNC(=O)c2ccc([N+](=O)[O-])cc2)nnc1-c1cccs1. The van der Waals surface area contributed by atoms with E-state index in [4.69, 9.17) is 0 Å². The standard InChI is InChI=1S/C17H16N6O4S2/c1-2-22-15(13-4-3-9-28-13)19-21-17(22)29-10-14(24)18-20-16(25)11-5-7-12(8-6-11)23(26)27/h3-9H,2,10H2,1H3,(H,18,24)(H,20,25). The quantitative estimate of drug-likeness (QED) is 0.333. The Hall–Kier alpha value is -3.25. The van der Waals surface area contributed by atoms with Gasteiger partial charge < -0.3 is 4.57 Å². The molecule has 1 aromatic carbocycles. The molecule has 0 bridgehead atoms. The molecule has 0 atom stereocenters. The highest BCUT2D eigenvalue weighted by molar-refractivity contribution is 7.99. The number of nitro groups is 1. The highest BCUT2D eigenvalue weighted by Crippen LogP contribution is 2.26. The molecule has 10 nitrogen and oxygen atoms in total. The number of hydrogen-bond donors (Lipinski definition) is 2. The Bertz CT molecular complexity index is 1020. The molecule has 0 aliphatic rings. The molecule has 12 heteroatoms. The molecule has 29 heavy (non-hydrogen) atoms. The van der Waals surface area contributed by atoms with Gasteiger partial charge in [0.25, 0.3) is 11.6 Å². The van der Waals surface area contributed by atoms with Crippen LogP contribution >= 0.6 is 23.1 Å². The van der Waals surface area contributed by atoms with Gasteiger partial charge in [-0.3, -0.25) is 30.6 Å². The molecule has 0 saturated heterocycles. The molecule has 2 aromatic heterocycles. The van der Waals surface area contributed by atoms with Gasteiger partial charge in [-0.15, -0.1) is 21.5 Å². The van der Waals surface area contributed by atoms with Gasteiger partial charge in [0.05, 0.1) is 15.6 Å². The van der Waals surface area contributed by atoms with Crippen molar-refractivity contribution in [2.24, 2.45) is 0 Å². The predicted molar refractivity (Wildman–Crippen MR) is 108 cm³/mol. The van der Waals surface area contributed by atoms with Crippen molar-refractivity contribution in [2.45, 2.75) is 18.6 Å². The van der Waals surface area contributed by atoms with Crippen LogP contribution in [0.2, 0.25) is 0 Å². The van der Waals surface area contributed by atoms with Crippen LogP contribution in [-0.2, 0) is 11.3 Å². The number of hydrazine groups is 1. The first-order chi connectivity index (χ1) is 14.0. The van der Waals surface area contributed by atoms with Crippen molar-refractivity contribution < 1.29 is 14.5 Å². The number of non-ortho nitro benzene ring substituents is 1. The molecule has 0 spiro atoms. The van der Waals surface area contributed by atoms with E-state index in [1.807, 2.05) is 29.0 Å². The Morgan fingerprint density at radius 3 is 2.59 bits per heavy atom. The lowest BCUT2D eigenvalue weighted by molar-refractivity contribution is -0.384. The van der Waals surface area contributed by atoms with Crippen LogP contribution < -0.4 is 10.9 Å². The van der Waals surface area contributed by atoms with Crippen LogP contribution in [0.15, 0.2) is 46.9 Å². The van der Waals surface area contributed by atoms with E-state index >= 15 is 0 Å². The molecule has 0 unspecified atom stereocenters. The van der Waals surface area contributed by atoms with Crippen LogP contribution in [0.5, 0.6) is 0 Å². The maximum Gasteiger partial charge on any atom is 0.269 e. The number of carbonyl (C=O) groups excluding carboxylic acids is 2. The number of nitro benzene ring substituents is 1. The lowest BCUT2D eigenvalue weighted by Crippen LogP contribution is -2.42. The number of aromatic nitrogens is 3. The third kappa shape index (κ3) is 4.97. The summed E-state index contributed by atoms with van der Waals surface area (Å²) in [6.45, 7) is 2.62. The summed E-state index contributed by atoms with van der Waals surface area (Å²) in [4.78, 5) is 35.1. The van der Waals surface area contributed by atoms with Crippen molar-refractivity contribution in [3.63, 3.8) is 0 Å². The molecule has 0 radical (unpaired) electrons. The molecule has 0 saturated carbocycles. The minimum Gasteiger partial charge on any atom is -0.302 e. The highest BCUT2D eigenvalue weighted by atomic mass is 32.2. The summed E-state index contributed by atoms with van der Waals surface area (Å²) in [5.41, 5.74) is 4.66. The zero-order valence-electron chi connectivity index (χ0n) is 15.2. The van der Waals surface area contributed by atoms with Gasteiger partial charge in [-0.2, -0.15) is 0 Å². The van der Waals surface area contributed by atoms with E-state index in [-0.39, 0.29) is 17.0 Å². The third-order valence-corrected chi connectivity index (χ3v) is 5.60. The fourth-order valence-corrected chi connectivity index (χ4v) is 3.89. The largest absolute Gasteiger partial charge is 0.302 e. The highest BCUT2D eigenvalue weighted by Gasteiger charge is 2.16. The molecule has 150 valence electrons. The molecule has 2 amide bonds. The zero-order valence-corrected chi connectivity index (χ0v) is 16.8. The third-order valence-electron chi connectivity index (χ3n) is 3.76. The van der Waals surface area contributed by atoms with Crippen LogP contribution in [0.1, 0.15) is 17.3 Å². The molecule has 3 aromatic rings. The van der Waals surface area contributed by atoms with E-state index in [2.05, 4.69) is 21.0 Å². The van der Waals surface area contributed by atoms with Crippen LogP contribution in [-0.4, -0.2) is 37.3 Å². The summed E-state index contributed by atoms with van der Waals surface area (Å²) in [6.07, 6.45) is 0. The number of thiophene rings is 1. The maximum absolute atomic E-state index is 12.0. The Morgan fingerprint density at radius 1 is 1.21 bits per heavy atom. The number of rotatable bonds is 7. The predicted octanol–water partition coefficient (Wildman–Crippen LogP) is 2.49. The number of amides is 2. The van der Waals surface area contributed by atoms with E-state index < -0.39 is 16.7 Å². The fraction of sp³-hybridized carbons (Fsp3) is 0.176. The molecule has 2 heterocycles. The monoisotopic (exact) mass is 432 g/mol. The molecular weight excluding hydrogens is 416 g/mol. The smallest absolute Gasteiger partial charge is 0.269 e. The second kappa shape index (κ2) is 9.30. The topological polar surface area (TPSA) is 132 Å². The number of hydrogen-bond acceptors (Lipinski definition) is 8. The lowest BCUT2D eigenvalue weighted by atomic mass is 10.2.